The van der Waals surface area contributed by atoms with Crippen molar-refractivity contribution < 1.29 is 19.7 Å². The van der Waals surface area contributed by atoms with Crippen molar-refractivity contribution >= 4 is 39.3 Å². The molecule has 3 rings (SSSR count). The number of quaternary nitrogens is 1. The van der Waals surface area contributed by atoms with Crippen molar-refractivity contribution in [3.8, 4) is 0 Å². The second-order valence-electron chi connectivity index (χ2n) is 5.65. The molecule has 0 radical (unpaired) electrons. The van der Waals surface area contributed by atoms with E-state index in [2.05, 4.69) is 21.2 Å². The first kappa shape index (κ1) is 15.9. The van der Waals surface area contributed by atoms with E-state index in [-0.39, 0.29) is 24.3 Å². The van der Waals surface area contributed by atoms with Gasteiger partial charge in [0.1, 0.15) is 6.04 Å². The number of amides is 3. The van der Waals surface area contributed by atoms with E-state index in [9.17, 15) is 14.4 Å². The second-order valence-corrected chi connectivity index (χ2v) is 6.56. The van der Waals surface area contributed by atoms with Crippen molar-refractivity contribution in [2.75, 3.05) is 38.5 Å². The lowest BCUT2D eigenvalue weighted by atomic mass is 10.1. The maximum absolute atomic E-state index is 12.8. The van der Waals surface area contributed by atoms with Crippen LogP contribution in [0.4, 0.5) is 5.69 Å². The first-order valence-electron chi connectivity index (χ1n) is 7.48. The number of hydrogen-bond donors (Lipinski definition) is 2. The normalized spacial score (nSPS) is 20.5. The molecule has 3 amide bonds. The zero-order valence-electron chi connectivity index (χ0n) is 12.7. The zero-order chi connectivity index (χ0) is 16.6. The van der Waals surface area contributed by atoms with Gasteiger partial charge >= 0.3 is 0 Å². The third-order valence-corrected chi connectivity index (χ3v) is 4.64. The summed E-state index contributed by atoms with van der Waals surface area (Å²) in [4.78, 5) is 40.6. The van der Waals surface area contributed by atoms with E-state index in [1.165, 1.54) is 0 Å². The molecular weight excluding hydrogens is 364 g/mol. The number of carbonyl (C=O) groups is 3. The van der Waals surface area contributed by atoms with Gasteiger partial charge in [0.25, 0.3) is 11.8 Å². The van der Waals surface area contributed by atoms with Gasteiger partial charge < -0.3 is 20.4 Å². The molecule has 7 nitrogen and oxygen atoms in total. The van der Waals surface area contributed by atoms with Crippen LogP contribution in [-0.4, -0.2) is 66.8 Å². The number of hydrogen-bond acceptors (Lipinski definition) is 3. The van der Waals surface area contributed by atoms with E-state index in [0.29, 0.717) is 30.9 Å². The van der Waals surface area contributed by atoms with Crippen LogP contribution in [-0.2, 0) is 9.59 Å². The van der Waals surface area contributed by atoms with Crippen molar-refractivity contribution in [1.82, 2.24) is 9.80 Å². The standard InChI is InChI=1S/C15H17BrN4O3/c1-17-7-13(21)19-4-5-20-12(8-19)14(22)18-11-3-2-9(16)6-10(11)15(20)23/h2-3,6,12,17H,4-5,7-8H2,1H3,(H,18,22)/p+1/t12-/m1/s1. The summed E-state index contributed by atoms with van der Waals surface area (Å²) in [5.41, 5.74) is 0.981. The SMILES string of the molecule is C[NH2+]CC(=O)N1CCN2C(=O)c3cc(Br)ccc3NC(=O)[C@H]2C1. The molecule has 0 saturated carbocycles. The van der Waals surface area contributed by atoms with E-state index in [4.69, 9.17) is 0 Å². The number of nitrogens with one attached hydrogen (secondary N) is 1. The molecule has 2 aliphatic heterocycles. The van der Waals surface area contributed by atoms with E-state index in [1.807, 2.05) is 7.05 Å². The third kappa shape index (κ3) is 2.96. The second kappa shape index (κ2) is 6.29. The molecular formula is C15H18BrN4O3+. The van der Waals surface area contributed by atoms with Gasteiger partial charge in [0.05, 0.1) is 24.8 Å². The minimum Gasteiger partial charge on any atom is -0.341 e. The molecule has 23 heavy (non-hydrogen) atoms. The number of piperazine rings is 1. The van der Waals surface area contributed by atoms with Crippen molar-refractivity contribution in [3.05, 3.63) is 28.2 Å². The molecule has 0 aliphatic carbocycles. The Morgan fingerprint density at radius 1 is 1.39 bits per heavy atom. The number of halogens is 1. The van der Waals surface area contributed by atoms with Crippen LogP contribution in [0.5, 0.6) is 0 Å². The number of nitrogens with zero attached hydrogens (tertiary/aromatic N) is 2. The van der Waals surface area contributed by atoms with Crippen molar-refractivity contribution in [2.24, 2.45) is 0 Å². The first-order valence-corrected chi connectivity index (χ1v) is 8.27. The predicted molar refractivity (Wildman–Crippen MR) is 86.9 cm³/mol. The highest BCUT2D eigenvalue weighted by Gasteiger charge is 2.40. The van der Waals surface area contributed by atoms with Gasteiger partial charge in [0.2, 0.25) is 5.91 Å². The quantitative estimate of drug-likeness (QED) is 0.706. The number of likely N-dealkylation sites (N-methyl/N-ethyl adjacent to an activating group) is 1. The summed E-state index contributed by atoms with van der Waals surface area (Å²) in [6, 6.07) is 4.55. The molecule has 2 heterocycles. The number of rotatable bonds is 2. The molecule has 1 fully saturated rings. The van der Waals surface area contributed by atoms with E-state index >= 15 is 0 Å². The molecule has 0 bridgehead atoms. The van der Waals surface area contributed by atoms with Gasteiger partial charge in [-0.15, -0.1) is 0 Å². The molecule has 0 spiro atoms. The van der Waals surface area contributed by atoms with Gasteiger partial charge in [-0.05, 0) is 18.2 Å². The van der Waals surface area contributed by atoms with Crippen LogP contribution in [0.3, 0.4) is 0 Å². The summed E-state index contributed by atoms with van der Waals surface area (Å²) in [6.45, 7) is 1.39. The van der Waals surface area contributed by atoms with Gasteiger partial charge in [-0.25, -0.2) is 0 Å². The van der Waals surface area contributed by atoms with Crippen LogP contribution >= 0.6 is 15.9 Å². The smallest absolute Gasteiger partial charge is 0.277 e. The average Bonchev–Trinajstić information content (AvgIpc) is 2.64. The zero-order valence-corrected chi connectivity index (χ0v) is 14.3. The average molecular weight is 382 g/mol. The van der Waals surface area contributed by atoms with Gasteiger partial charge in [-0.3, -0.25) is 14.4 Å². The fourth-order valence-electron chi connectivity index (χ4n) is 2.95. The topological polar surface area (TPSA) is 86.3 Å². The fraction of sp³-hybridized carbons (Fsp3) is 0.400. The van der Waals surface area contributed by atoms with Crippen molar-refractivity contribution in [2.45, 2.75) is 6.04 Å². The van der Waals surface area contributed by atoms with Gasteiger partial charge in [-0.1, -0.05) is 15.9 Å². The molecule has 1 atom stereocenters. The molecule has 2 aliphatic rings. The molecule has 0 aromatic heterocycles. The Hall–Kier alpha value is -1.93. The summed E-state index contributed by atoms with van der Waals surface area (Å²) in [5, 5.41) is 4.59. The molecule has 122 valence electrons. The Morgan fingerprint density at radius 2 is 2.17 bits per heavy atom. The largest absolute Gasteiger partial charge is 0.341 e. The van der Waals surface area contributed by atoms with E-state index in [1.54, 1.807) is 33.3 Å². The lowest BCUT2D eigenvalue weighted by molar-refractivity contribution is -0.616. The molecule has 1 aromatic rings. The van der Waals surface area contributed by atoms with E-state index in [0.717, 1.165) is 4.47 Å². The van der Waals surface area contributed by atoms with Crippen LogP contribution in [0.1, 0.15) is 10.4 Å². The van der Waals surface area contributed by atoms with Gasteiger partial charge in [0.15, 0.2) is 6.54 Å². The number of benzene rings is 1. The van der Waals surface area contributed by atoms with Crippen LogP contribution in [0.25, 0.3) is 0 Å². The van der Waals surface area contributed by atoms with Crippen molar-refractivity contribution in [3.63, 3.8) is 0 Å². The van der Waals surface area contributed by atoms with Crippen molar-refractivity contribution in [1.29, 1.82) is 0 Å². The highest BCUT2D eigenvalue weighted by Crippen LogP contribution is 2.27. The van der Waals surface area contributed by atoms with Gasteiger partial charge in [-0.2, -0.15) is 0 Å². The maximum atomic E-state index is 12.8. The Morgan fingerprint density at radius 3 is 2.91 bits per heavy atom. The van der Waals surface area contributed by atoms with Crippen LogP contribution in [0, 0.1) is 0 Å². The Balaban J connectivity index is 1.89. The highest BCUT2D eigenvalue weighted by molar-refractivity contribution is 9.10. The summed E-state index contributed by atoms with van der Waals surface area (Å²) >= 11 is 3.35. The number of fused-ring (bicyclic) bond motifs is 2. The van der Waals surface area contributed by atoms with Gasteiger partial charge in [0, 0.05) is 17.6 Å². The summed E-state index contributed by atoms with van der Waals surface area (Å²) in [5.74, 6) is -0.451. The summed E-state index contributed by atoms with van der Waals surface area (Å²) in [7, 11) is 1.82. The Labute approximate surface area is 142 Å². The maximum Gasteiger partial charge on any atom is 0.277 e. The fourth-order valence-corrected chi connectivity index (χ4v) is 3.31. The minimum absolute atomic E-state index is 0.0168. The van der Waals surface area contributed by atoms with Crippen LogP contribution < -0.4 is 10.6 Å². The molecule has 1 saturated heterocycles. The molecule has 8 heteroatoms. The Bertz CT molecular complexity index is 679. The number of carbonyl (C=O) groups excluding carboxylic acids is 3. The molecule has 3 N–H and O–H groups in total. The molecule has 0 unspecified atom stereocenters. The number of nitrogens with two attached hydrogens (primary N) is 1. The van der Waals surface area contributed by atoms with Crippen LogP contribution in [0.2, 0.25) is 0 Å². The lowest BCUT2D eigenvalue weighted by Gasteiger charge is -2.39. The predicted octanol–water partition coefficient (Wildman–Crippen LogP) is -0.753. The summed E-state index contributed by atoms with van der Waals surface area (Å²) < 4.78 is 0.782. The minimum atomic E-state index is -0.650. The summed E-state index contributed by atoms with van der Waals surface area (Å²) in [6.07, 6.45) is 0. The van der Waals surface area contributed by atoms with E-state index < -0.39 is 6.04 Å². The monoisotopic (exact) mass is 381 g/mol. The van der Waals surface area contributed by atoms with Crippen LogP contribution in [0.15, 0.2) is 22.7 Å². The first-order chi connectivity index (χ1) is 11.0. The Kier molecular flexibility index (Phi) is 4.36. The third-order valence-electron chi connectivity index (χ3n) is 4.15. The highest BCUT2D eigenvalue weighted by atomic mass is 79.9. The number of anilines is 1. The molecule has 1 aromatic carbocycles. The lowest BCUT2D eigenvalue weighted by Crippen LogP contribution is -2.83.